The number of aliphatic hydroxyl groups excluding tert-OH is 1. The summed E-state index contributed by atoms with van der Waals surface area (Å²) in [5.74, 6) is 0.836. The molecule has 0 saturated heterocycles. The van der Waals surface area contributed by atoms with Gasteiger partial charge in [0.05, 0.1) is 0 Å². The van der Waals surface area contributed by atoms with Crippen molar-refractivity contribution in [2.45, 2.75) is 45.8 Å². The van der Waals surface area contributed by atoms with Gasteiger partial charge in [-0.05, 0) is 23.0 Å². The van der Waals surface area contributed by atoms with Crippen LogP contribution in [-0.2, 0) is 0 Å². The van der Waals surface area contributed by atoms with Crippen LogP contribution in [0.25, 0.3) is 0 Å². The van der Waals surface area contributed by atoms with Crippen molar-refractivity contribution in [2.75, 3.05) is 11.9 Å². The van der Waals surface area contributed by atoms with Crippen molar-refractivity contribution in [3.63, 3.8) is 0 Å². The molecule has 3 nitrogen and oxygen atoms in total. The number of para-hydroxylation sites is 1. The molecule has 1 unspecified atom stereocenters. The fraction of sp³-hybridized carbons (Fsp3) is 0.571. The Morgan fingerprint density at radius 2 is 1.59 bits per heavy atom. The molecular weight excluding hydrogens is 212 g/mol. The van der Waals surface area contributed by atoms with Crippen LogP contribution in [0.1, 0.15) is 50.7 Å². The van der Waals surface area contributed by atoms with E-state index in [2.05, 4.69) is 51.2 Å². The number of anilines is 1. The maximum atomic E-state index is 9.69. The maximum Gasteiger partial charge on any atom is 0.136 e. The number of nitrogens with two attached hydrogens (primary N) is 1. The summed E-state index contributed by atoms with van der Waals surface area (Å²) in [5, 5.41) is 12.8. The summed E-state index contributed by atoms with van der Waals surface area (Å²) >= 11 is 0. The van der Waals surface area contributed by atoms with Crippen LogP contribution in [0, 0.1) is 0 Å². The molecule has 0 aliphatic heterocycles. The van der Waals surface area contributed by atoms with E-state index >= 15 is 0 Å². The van der Waals surface area contributed by atoms with E-state index in [-0.39, 0.29) is 6.54 Å². The molecule has 96 valence electrons. The van der Waals surface area contributed by atoms with Crippen molar-refractivity contribution in [3.8, 4) is 0 Å². The molecular formula is C14H24N2O. The summed E-state index contributed by atoms with van der Waals surface area (Å²) < 4.78 is 0. The second kappa shape index (κ2) is 6.03. The Hall–Kier alpha value is -1.06. The van der Waals surface area contributed by atoms with Gasteiger partial charge < -0.3 is 16.2 Å². The molecule has 0 radical (unpaired) electrons. The van der Waals surface area contributed by atoms with E-state index in [1.807, 2.05) is 0 Å². The Labute approximate surface area is 104 Å². The Bertz CT molecular complexity index is 335. The van der Waals surface area contributed by atoms with E-state index in [0.29, 0.717) is 11.8 Å². The number of aliphatic hydroxyl groups is 1. The number of hydrogen-bond acceptors (Lipinski definition) is 3. The third-order valence-electron chi connectivity index (χ3n) is 2.91. The van der Waals surface area contributed by atoms with Crippen LogP contribution in [0.4, 0.5) is 5.69 Å². The smallest absolute Gasteiger partial charge is 0.136 e. The van der Waals surface area contributed by atoms with Gasteiger partial charge in [-0.15, -0.1) is 0 Å². The Balaban J connectivity index is 3.18. The Morgan fingerprint density at radius 3 is 1.94 bits per heavy atom. The lowest BCUT2D eigenvalue weighted by Gasteiger charge is -2.23. The summed E-state index contributed by atoms with van der Waals surface area (Å²) in [4.78, 5) is 0. The Kier molecular flexibility index (Phi) is 4.97. The SMILES string of the molecule is CC(C)c1cccc(C(C)C)c1NC(O)CN. The van der Waals surface area contributed by atoms with E-state index in [9.17, 15) is 5.11 Å². The molecule has 0 bridgehead atoms. The molecule has 0 fully saturated rings. The second-order valence-corrected chi connectivity index (χ2v) is 5.02. The zero-order chi connectivity index (χ0) is 13.0. The van der Waals surface area contributed by atoms with E-state index in [0.717, 1.165) is 5.69 Å². The molecule has 1 rings (SSSR count). The molecule has 0 aliphatic rings. The molecule has 4 N–H and O–H groups in total. The van der Waals surface area contributed by atoms with Gasteiger partial charge in [0.15, 0.2) is 0 Å². The summed E-state index contributed by atoms with van der Waals surface area (Å²) in [6, 6.07) is 6.27. The van der Waals surface area contributed by atoms with Crippen LogP contribution in [0.5, 0.6) is 0 Å². The maximum absolute atomic E-state index is 9.69. The average Bonchev–Trinajstić information content (AvgIpc) is 2.28. The average molecular weight is 236 g/mol. The fourth-order valence-electron chi connectivity index (χ4n) is 1.94. The zero-order valence-electron chi connectivity index (χ0n) is 11.2. The molecule has 0 spiro atoms. The molecule has 0 heterocycles. The molecule has 17 heavy (non-hydrogen) atoms. The van der Waals surface area contributed by atoms with E-state index in [4.69, 9.17) is 5.73 Å². The van der Waals surface area contributed by atoms with Gasteiger partial charge in [-0.3, -0.25) is 0 Å². The lowest BCUT2D eigenvalue weighted by atomic mass is 9.92. The van der Waals surface area contributed by atoms with E-state index in [1.54, 1.807) is 0 Å². The molecule has 1 atom stereocenters. The van der Waals surface area contributed by atoms with Crippen LogP contribution in [0.15, 0.2) is 18.2 Å². The largest absolute Gasteiger partial charge is 0.372 e. The molecule has 1 aromatic carbocycles. The van der Waals surface area contributed by atoms with Crippen molar-refractivity contribution in [2.24, 2.45) is 5.73 Å². The minimum atomic E-state index is -0.688. The summed E-state index contributed by atoms with van der Waals surface area (Å²) in [5.41, 5.74) is 8.95. The van der Waals surface area contributed by atoms with E-state index < -0.39 is 6.23 Å². The molecule has 0 aliphatic carbocycles. The van der Waals surface area contributed by atoms with Crippen LogP contribution >= 0.6 is 0 Å². The molecule has 3 heteroatoms. The molecule has 0 saturated carbocycles. The fourth-order valence-corrected chi connectivity index (χ4v) is 1.94. The normalized spacial score (nSPS) is 13.2. The van der Waals surface area contributed by atoms with Gasteiger partial charge in [0.25, 0.3) is 0 Å². The number of rotatable bonds is 5. The van der Waals surface area contributed by atoms with Gasteiger partial charge in [0, 0.05) is 12.2 Å². The highest BCUT2D eigenvalue weighted by atomic mass is 16.3. The van der Waals surface area contributed by atoms with Crippen LogP contribution in [-0.4, -0.2) is 17.9 Å². The van der Waals surface area contributed by atoms with Gasteiger partial charge in [-0.25, -0.2) is 0 Å². The van der Waals surface area contributed by atoms with Gasteiger partial charge >= 0.3 is 0 Å². The first kappa shape index (κ1) is 14.0. The number of hydrogen-bond donors (Lipinski definition) is 3. The van der Waals surface area contributed by atoms with Gasteiger partial charge in [-0.1, -0.05) is 45.9 Å². The van der Waals surface area contributed by atoms with Crippen molar-refractivity contribution < 1.29 is 5.11 Å². The van der Waals surface area contributed by atoms with Crippen molar-refractivity contribution in [3.05, 3.63) is 29.3 Å². The minimum absolute atomic E-state index is 0.212. The van der Waals surface area contributed by atoms with Crippen LogP contribution in [0.3, 0.4) is 0 Å². The number of benzene rings is 1. The molecule has 0 aromatic heterocycles. The van der Waals surface area contributed by atoms with E-state index in [1.165, 1.54) is 11.1 Å². The topological polar surface area (TPSA) is 58.3 Å². The monoisotopic (exact) mass is 236 g/mol. The highest BCUT2D eigenvalue weighted by Gasteiger charge is 2.15. The van der Waals surface area contributed by atoms with Crippen LogP contribution < -0.4 is 11.1 Å². The van der Waals surface area contributed by atoms with Crippen molar-refractivity contribution in [1.29, 1.82) is 0 Å². The third-order valence-corrected chi connectivity index (χ3v) is 2.91. The van der Waals surface area contributed by atoms with Crippen molar-refractivity contribution >= 4 is 5.69 Å². The first-order chi connectivity index (χ1) is 7.97. The Morgan fingerprint density at radius 1 is 1.12 bits per heavy atom. The van der Waals surface area contributed by atoms with Gasteiger partial charge in [-0.2, -0.15) is 0 Å². The zero-order valence-corrected chi connectivity index (χ0v) is 11.2. The van der Waals surface area contributed by atoms with Gasteiger partial charge in [0.1, 0.15) is 6.23 Å². The molecule has 1 aromatic rings. The molecule has 0 amide bonds. The highest BCUT2D eigenvalue weighted by molar-refractivity contribution is 5.60. The van der Waals surface area contributed by atoms with Crippen molar-refractivity contribution in [1.82, 2.24) is 0 Å². The summed E-state index contributed by atoms with van der Waals surface area (Å²) in [6.45, 7) is 8.82. The summed E-state index contributed by atoms with van der Waals surface area (Å²) in [7, 11) is 0. The quantitative estimate of drug-likeness (QED) is 0.689. The lowest BCUT2D eigenvalue weighted by molar-refractivity contribution is 0.211. The minimum Gasteiger partial charge on any atom is -0.372 e. The third kappa shape index (κ3) is 3.45. The standard InChI is InChI=1S/C14H24N2O/c1-9(2)11-6-5-7-12(10(3)4)14(11)16-13(17)8-15/h5-7,9-10,13,16-17H,8,15H2,1-4H3. The van der Waals surface area contributed by atoms with Crippen LogP contribution in [0.2, 0.25) is 0 Å². The first-order valence-corrected chi connectivity index (χ1v) is 6.24. The number of nitrogens with one attached hydrogen (secondary N) is 1. The second-order valence-electron chi connectivity index (χ2n) is 5.02. The predicted octanol–water partition coefficient (Wildman–Crippen LogP) is 2.62. The lowest BCUT2D eigenvalue weighted by Crippen LogP contribution is -2.29. The van der Waals surface area contributed by atoms with Gasteiger partial charge in [0.2, 0.25) is 0 Å². The summed E-state index contributed by atoms with van der Waals surface area (Å²) in [6.07, 6.45) is -0.688. The first-order valence-electron chi connectivity index (χ1n) is 6.24. The highest BCUT2D eigenvalue weighted by Crippen LogP contribution is 2.32. The predicted molar refractivity (Wildman–Crippen MR) is 73.3 cm³/mol.